The molecule has 2 atom stereocenters. The van der Waals surface area contributed by atoms with Gasteiger partial charge in [0, 0.05) is 24.9 Å². The van der Waals surface area contributed by atoms with Crippen molar-refractivity contribution in [1.29, 1.82) is 0 Å². The zero-order chi connectivity index (χ0) is 16.1. The third-order valence-corrected chi connectivity index (χ3v) is 4.36. The molecular formula is C18H25NO3. The van der Waals surface area contributed by atoms with Gasteiger partial charge in [0.2, 0.25) is 5.91 Å². The highest BCUT2D eigenvalue weighted by Crippen LogP contribution is 2.25. The highest BCUT2D eigenvalue weighted by Gasteiger charge is 2.34. The molecule has 1 aromatic carbocycles. The quantitative estimate of drug-likeness (QED) is 0.822. The third-order valence-electron chi connectivity index (χ3n) is 4.36. The van der Waals surface area contributed by atoms with E-state index in [0.717, 1.165) is 12.8 Å². The molecule has 1 aromatic rings. The molecule has 0 radical (unpaired) electrons. The fourth-order valence-corrected chi connectivity index (χ4v) is 3.03. The van der Waals surface area contributed by atoms with Crippen molar-refractivity contribution >= 4 is 11.7 Å². The summed E-state index contributed by atoms with van der Waals surface area (Å²) in [4.78, 5) is 26.2. The number of likely N-dealkylation sites (tertiary alicyclic amines) is 1. The van der Waals surface area contributed by atoms with Gasteiger partial charge < -0.3 is 10.0 Å². The van der Waals surface area contributed by atoms with Gasteiger partial charge in [-0.3, -0.25) is 9.59 Å². The molecule has 1 aliphatic rings. The normalized spacial score (nSPS) is 19.5. The highest BCUT2D eigenvalue weighted by atomic mass is 16.3. The van der Waals surface area contributed by atoms with Gasteiger partial charge in [0.15, 0.2) is 5.78 Å². The molecule has 0 spiro atoms. The Morgan fingerprint density at radius 3 is 2.55 bits per heavy atom. The van der Waals surface area contributed by atoms with E-state index >= 15 is 0 Å². The largest absolute Gasteiger partial charge is 0.391 e. The Morgan fingerprint density at radius 1 is 1.23 bits per heavy atom. The lowest BCUT2D eigenvalue weighted by molar-refractivity contribution is -0.134. The fraction of sp³-hybridized carbons (Fsp3) is 0.556. The molecule has 0 aromatic heterocycles. The van der Waals surface area contributed by atoms with Crippen molar-refractivity contribution in [1.82, 2.24) is 4.90 Å². The molecule has 1 fully saturated rings. The first-order chi connectivity index (χ1) is 10.5. The molecule has 1 saturated heterocycles. The Labute approximate surface area is 132 Å². The molecule has 1 heterocycles. The topological polar surface area (TPSA) is 57.6 Å². The van der Waals surface area contributed by atoms with Crippen molar-refractivity contribution in [2.24, 2.45) is 5.92 Å². The molecule has 1 amide bonds. The predicted octanol–water partition coefficient (Wildman–Crippen LogP) is 2.66. The van der Waals surface area contributed by atoms with Crippen LogP contribution in [0.2, 0.25) is 0 Å². The summed E-state index contributed by atoms with van der Waals surface area (Å²) in [6, 6.07) is 8.96. The first-order valence-corrected chi connectivity index (χ1v) is 8.06. The zero-order valence-corrected chi connectivity index (χ0v) is 13.4. The summed E-state index contributed by atoms with van der Waals surface area (Å²) < 4.78 is 0. The molecule has 4 nitrogen and oxygen atoms in total. The van der Waals surface area contributed by atoms with Gasteiger partial charge in [-0.15, -0.1) is 0 Å². The van der Waals surface area contributed by atoms with Crippen LogP contribution in [0.15, 0.2) is 30.3 Å². The van der Waals surface area contributed by atoms with Crippen LogP contribution in [-0.2, 0) is 4.79 Å². The van der Waals surface area contributed by atoms with Crippen LogP contribution < -0.4 is 0 Å². The van der Waals surface area contributed by atoms with Crippen LogP contribution in [0.1, 0.15) is 49.9 Å². The van der Waals surface area contributed by atoms with E-state index in [4.69, 9.17) is 0 Å². The average molecular weight is 303 g/mol. The molecule has 1 unspecified atom stereocenters. The highest BCUT2D eigenvalue weighted by molar-refractivity contribution is 5.97. The standard InChI is InChI=1S/C18H25NO3/c1-13(2)18(22)15-9-6-12-19(15)17(21)11-10-16(20)14-7-4-3-5-8-14/h3-5,7-8,13,15,18,22H,6,9-12H2,1-2H3/t15?,18-/m1/s1. The number of nitrogens with zero attached hydrogens (tertiary/aromatic N) is 1. The molecule has 1 N–H and O–H groups in total. The smallest absolute Gasteiger partial charge is 0.223 e. The summed E-state index contributed by atoms with van der Waals surface area (Å²) in [5.74, 6) is 0.102. The van der Waals surface area contributed by atoms with Crippen LogP contribution in [0.4, 0.5) is 0 Å². The Morgan fingerprint density at radius 2 is 1.91 bits per heavy atom. The van der Waals surface area contributed by atoms with Gasteiger partial charge in [0.25, 0.3) is 0 Å². The van der Waals surface area contributed by atoms with Crippen LogP contribution in [0.3, 0.4) is 0 Å². The fourth-order valence-electron chi connectivity index (χ4n) is 3.03. The van der Waals surface area contributed by atoms with Crippen LogP contribution >= 0.6 is 0 Å². The number of carbonyl (C=O) groups excluding carboxylic acids is 2. The molecule has 0 bridgehead atoms. The van der Waals surface area contributed by atoms with Gasteiger partial charge in [-0.1, -0.05) is 44.2 Å². The third kappa shape index (κ3) is 3.95. The lowest BCUT2D eigenvalue weighted by atomic mass is 9.97. The molecule has 0 aliphatic carbocycles. The Kier molecular flexibility index (Phi) is 5.72. The molecule has 1 aliphatic heterocycles. The number of amides is 1. The Bertz CT molecular complexity index is 512. The van der Waals surface area contributed by atoms with Crippen molar-refractivity contribution in [2.75, 3.05) is 6.54 Å². The van der Waals surface area contributed by atoms with Gasteiger partial charge in [-0.05, 0) is 18.8 Å². The van der Waals surface area contributed by atoms with Crippen molar-refractivity contribution in [3.63, 3.8) is 0 Å². The van der Waals surface area contributed by atoms with Crippen LogP contribution in [0, 0.1) is 5.92 Å². The second kappa shape index (κ2) is 7.54. The maximum atomic E-state index is 12.4. The monoisotopic (exact) mass is 303 g/mol. The number of aliphatic hydroxyl groups is 1. The van der Waals surface area contributed by atoms with E-state index in [2.05, 4.69) is 0 Å². The van der Waals surface area contributed by atoms with E-state index in [0.29, 0.717) is 12.1 Å². The minimum Gasteiger partial charge on any atom is -0.391 e. The Hall–Kier alpha value is -1.68. The number of rotatable bonds is 6. The SMILES string of the molecule is CC(C)[C@@H](O)C1CCCN1C(=O)CCC(=O)c1ccccc1. The van der Waals surface area contributed by atoms with Gasteiger partial charge in [-0.25, -0.2) is 0 Å². The van der Waals surface area contributed by atoms with E-state index in [1.165, 1.54) is 0 Å². The van der Waals surface area contributed by atoms with Gasteiger partial charge in [0.1, 0.15) is 0 Å². The number of aliphatic hydroxyl groups excluding tert-OH is 1. The maximum absolute atomic E-state index is 12.4. The van der Waals surface area contributed by atoms with Crippen molar-refractivity contribution in [3.05, 3.63) is 35.9 Å². The minimum absolute atomic E-state index is 0.00546. The molecular weight excluding hydrogens is 278 g/mol. The van der Waals surface area contributed by atoms with E-state index in [1.54, 1.807) is 17.0 Å². The number of hydrogen-bond acceptors (Lipinski definition) is 3. The summed E-state index contributed by atoms with van der Waals surface area (Å²) in [7, 11) is 0. The van der Waals surface area contributed by atoms with Crippen LogP contribution in [0.5, 0.6) is 0 Å². The number of carbonyl (C=O) groups is 2. The van der Waals surface area contributed by atoms with Crippen molar-refractivity contribution in [3.8, 4) is 0 Å². The summed E-state index contributed by atoms with van der Waals surface area (Å²) in [6.45, 7) is 4.61. The zero-order valence-electron chi connectivity index (χ0n) is 13.4. The van der Waals surface area contributed by atoms with E-state index in [9.17, 15) is 14.7 Å². The minimum atomic E-state index is -0.490. The first-order valence-electron chi connectivity index (χ1n) is 8.06. The van der Waals surface area contributed by atoms with E-state index in [1.807, 2.05) is 32.0 Å². The number of ketones is 1. The molecule has 2 rings (SSSR count). The predicted molar refractivity (Wildman–Crippen MR) is 85.6 cm³/mol. The summed E-state index contributed by atoms with van der Waals surface area (Å²) >= 11 is 0. The van der Waals surface area contributed by atoms with Crippen molar-refractivity contribution in [2.45, 2.75) is 51.7 Å². The number of benzene rings is 1. The van der Waals surface area contributed by atoms with E-state index < -0.39 is 6.10 Å². The summed E-state index contributed by atoms with van der Waals surface area (Å²) in [5.41, 5.74) is 0.649. The van der Waals surface area contributed by atoms with Crippen LogP contribution in [-0.4, -0.2) is 40.4 Å². The van der Waals surface area contributed by atoms with Gasteiger partial charge in [0.05, 0.1) is 12.1 Å². The van der Waals surface area contributed by atoms with Gasteiger partial charge >= 0.3 is 0 Å². The maximum Gasteiger partial charge on any atom is 0.223 e. The summed E-state index contributed by atoms with van der Waals surface area (Å²) in [5, 5.41) is 10.2. The first kappa shape index (κ1) is 16.7. The molecule has 22 heavy (non-hydrogen) atoms. The second-order valence-corrected chi connectivity index (χ2v) is 6.32. The van der Waals surface area contributed by atoms with E-state index in [-0.39, 0.29) is 36.5 Å². The summed E-state index contributed by atoms with van der Waals surface area (Å²) in [6.07, 6.45) is 1.72. The lowest BCUT2D eigenvalue weighted by Gasteiger charge is -2.30. The second-order valence-electron chi connectivity index (χ2n) is 6.32. The Balaban J connectivity index is 1.90. The van der Waals surface area contributed by atoms with Crippen molar-refractivity contribution < 1.29 is 14.7 Å². The molecule has 0 saturated carbocycles. The molecule has 120 valence electrons. The number of hydrogen-bond donors (Lipinski definition) is 1. The van der Waals surface area contributed by atoms with Gasteiger partial charge in [-0.2, -0.15) is 0 Å². The number of Topliss-reactive ketones (excluding diaryl/α,β-unsaturated/α-hetero) is 1. The lowest BCUT2D eigenvalue weighted by Crippen LogP contribution is -2.44. The molecule has 4 heteroatoms. The average Bonchev–Trinajstić information content (AvgIpc) is 3.01. The van der Waals surface area contributed by atoms with Crippen LogP contribution in [0.25, 0.3) is 0 Å².